The lowest BCUT2D eigenvalue weighted by Gasteiger charge is -2.48. The fourth-order valence-corrected chi connectivity index (χ4v) is 7.23. The van der Waals surface area contributed by atoms with Crippen LogP contribution in [0.15, 0.2) is 72.8 Å². The Labute approximate surface area is 296 Å². The van der Waals surface area contributed by atoms with Crippen molar-refractivity contribution in [1.29, 1.82) is 0 Å². The summed E-state index contributed by atoms with van der Waals surface area (Å²) in [6, 6.07) is 20.3. The van der Waals surface area contributed by atoms with Crippen LogP contribution in [0.25, 0.3) is 0 Å². The minimum absolute atomic E-state index is 0.102. The van der Waals surface area contributed by atoms with Crippen molar-refractivity contribution in [2.24, 2.45) is 5.92 Å². The number of carbonyl (C=O) groups excluding carboxylic acids is 1. The molecule has 3 aromatic carbocycles. The van der Waals surface area contributed by atoms with Gasteiger partial charge in [0.05, 0.1) is 30.4 Å². The predicted octanol–water partition coefficient (Wildman–Crippen LogP) is 2.73. The zero-order valence-electron chi connectivity index (χ0n) is 28.5. The fraction of sp³-hybridized carbons (Fsp3) is 0.459. The van der Waals surface area contributed by atoms with Gasteiger partial charge in [0.25, 0.3) is 0 Å². The van der Waals surface area contributed by atoms with E-state index in [4.69, 9.17) is 4.74 Å². The Balaban J connectivity index is 1.29. The number of carboxylic acids is 1. The molecule has 276 valence electrons. The van der Waals surface area contributed by atoms with E-state index in [1.165, 1.54) is 34.8 Å². The summed E-state index contributed by atoms with van der Waals surface area (Å²) in [6.07, 6.45) is -4.76. The standard InChI is InChI=1S/C37H45FN2O10S/c1-39(51(2,48)49)21-3-4-22-7-16-27(17-8-22)40-31(28(36(40)45)18-19-29(41)24-12-14-26(38)15-13-24)25-10-5-23(6-11-25)9-20-30-32(42)33(43)34(44)35(50-30)37(46)47/h5-8,10-17,28-35,41-44H,3-4,9,18-21H2,1-2H3,(H,46,47)/t28?,29-,30?,31+,32-,33+,34-,35-/m0/s1. The Hall–Kier alpha value is -3.76. The van der Waals surface area contributed by atoms with E-state index < -0.39 is 64.4 Å². The minimum Gasteiger partial charge on any atom is -0.479 e. The Bertz CT molecular complexity index is 1760. The van der Waals surface area contributed by atoms with Crippen molar-refractivity contribution in [2.45, 2.75) is 81.2 Å². The van der Waals surface area contributed by atoms with Crippen molar-refractivity contribution in [3.8, 4) is 0 Å². The summed E-state index contributed by atoms with van der Waals surface area (Å²) in [5, 5.41) is 50.7. The number of aliphatic hydroxyl groups excluding tert-OH is 4. The van der Waals surface area contributed by atoms with Crippen LogP contribution in [-0.2, 0) is 37.2 Å². The van der Waals surface area contributed by atoms with Crippen molar-refractivity contribution >= 4 is 27.6 Å². The van der Waals surface area contributed by atoms with Gasteiger partial charge in [0.1, 0.15) is 24.1 Å². The van der Waals surface area contributed by atoms with Gasteiger partial charge in [0.15, 0.2) is 6.10 Å². The molecule has 51 heavy (non-hydrogen) atoms. The van der Waals surface area contributed by atoms with Crippen LogP contribution in [-0.4, -0.2) is 101 Å². The molecule has 0 radical (unpaired) electrons. The number of halogens is 1. The largest absolute Gasteiger partial charge is 0.479 e. The lowest BCUT2D eigenvalue weighted by Crippen LogP contribution is -2.59. The molecule has 5 N–H and O–H groups in total. The molecule has 0 spiro atoms. The van der Waals surface area contributed by atoms with Crippen molar-refractivity contribution < 1.29 is 52.7 Å². The number of anilines is 1. The minimum atomic E-state index is -3.26. The van der Waals surface area contributed by atoms with Crippen LogP contribution in [0.1, 0.15) is 60.1 Å². The highest BCUT2D eigenvalue weighted by Gasteiger charge is 2.49. The number of β-lactam (4-membered cyclic amide) rings is 1. The number of hydrogen-bond acceptors (Lipinski definition) is 9. The second-order valence-electron chi connectivity index (χ2n) is 13.4. The van der Waals surface area contributed by atoms with Gasteiger partial charge in [-0.1, -0.05) is 48.5 Å². The third-order valence-corrected chi connectivity index (χ3v) is 11.2. The smallest absolute Gasteiger partial charge is 0.335 e. The maximum atomic E-state index is 13.7. The summed E-state index contributed by atoms with van der Waals surface area (Å²) in [7, 11) is -1.72. The van der Waals surface area contributed by atoms with Crippen LogP contribution in [0, 0.1) is 11.7 Å². The van der Waals surface area contributed by atoms with Gasteiger partial charge in [-0.15, -0.1) is 0 Å². The van der Waals surface area contributed by atoms with Crippen LogP contribution < -0.4 is 4.90 Å². The molecule has 2 fully saturated rings. The highest BCUT2D eigenvalue weighted by atomic mass is 32.2. The number of aliphatic carboxylic acids is 1. The molecule has 5 rings (SSSR count). The first kappa shape index (κ1) is 38.5. The van der Waals surface area contributed by atoms with Gasteiger partial charge in [-0.3, -0.25) is 4.79 Å². The number of aliphatic hydroxyl groups is 4. The van der Waals surface area contributed by atoms with E-state index >= 15 is 0 Å². The molecule has 2 saturated heterocycles. The number of hydrogen-bond donors (Lipinski definition) is 5. The van der Waals surface area contributed by atoms with E-state index in [9.17, 15) is 47.9 Å². The normalized spacial score (nSPS) is 25.8. The van der Waals surface area contributed by atoms with Gasteiger partial charge in [-0.2, -0.15) is 0 Å². The summed E-state index contributed by atoms with van der Waals surface area (Å²) < 4.78 is 43.5. The molecule has 2 unspecified atom stereocenters. The van der Waals surface area contributed by atoms with Crippen molar-refractivity contribution in [1.82, 2.24) is 4.31 Å². The Kier molecular flexibility index (Phi) is 12.3. The highest BCUT2D eigenvalue weighted by Crippen LogP contribution is 2.46. The maximum Gasteiger partial charge on any atom is 0.335 e. The molecule has 3 aromatic rings. The quantitative estimate of drug-likeness (QED) is 0.146. The van der Waals surface area contributed by atoms with E-state index in [1.807, 2.05) is 48.5 Å². The topological polar surface area (TPSA) is 185 Å². The molecule has 14 heteroatoms. The van der Waals surface area contributed by atoms with Crippen molar-refractivity contribution in [2.75, 3.05) is 24.7 Å². The number of benzene rings is 3. The van der Waals surface area contributed by atoms with E-state index in [0.717, 1.165) is 16.7 Å². The zero-order valence-corrected chi connectivity index (χ0v) is 29.3. The first-order valence-electron chi connectivity index (χ1n) is 16.9. The molecule has 1 amide bonds. The van der Waals surface area contributed by atoms with Crippen molar-refractivity contribution in [3.05, 3.63) is 101 Å². The summed E-state index contributed by atoms with van der Waals surface area (Å²) in [5.41, 5.74) is 3.94. The molecule has 0 aromatic heterocycles. The molecular weight excluding hydrogens is 683 g/mol. The van der Waals surface area contributed by atoms with Gasteiger partial charge in [-0.25, -0.2) is 21.9 Å². The molecule has 2 aliphatic rings. The average Bonchev–Trinajstić information content (AvgIpc) is 3.09. The Morgan fingerprint density at radius 2 is 1.51 bits per heavy atom. The van der Waals surface area contributed by atoms with Gasteiger partial charge >= 0.3 is 5.97 Å². The van der Waals surface area contributed by atoms with E-state index in [2.05, 4.69) is 0 Å². The lowest BCUT2D eigenvalue weighted by atomic mass is 9.78. The third-order valence-electron chi connectivity index (χ3n) is 9.93. The number of carbonyl (C=O) groups is 2. The molecular formula is C37H45FN2O10S. The monoisotopic (exact) mass is 728 g/mol. The number of aryl methyl sites for hydroxylation is 2. The summed E-state index contributed by atoms with van der Waals surface area (Å²) in [4.78, 5) is 26.9. The number of amides is 1. The summed E-state index contributed by atoms with van der Waals surface area (Å²) in [6.45, 7) is 0.386. The number of rotatable bonds is 15. The number of sulfonamides is 1. The SMILES string of the molecule is CN(CCCc1ccc(N2C(=O)C(CC[C@H](O)c3ccc(F)cc3)[C@H]2c2ccc(CCC3O[C@H](C(=O)O)[C@@H](O)[C@H](O)[C@H]3O)cc2)cc1)S(C)(=O)=O. The van der Waals surface area contributed by atoms with Crippen molar-refractivity contribution in [3.63, 3.8) is 0 Å². The zero-order chi connectivity index (χ0) is 37.0. The molecule has 0 aliphatic carbocycles. The predicted molar refractivity (Wildman–Crippen MR) is 186 cm³/mol. The number of nitrogens with zero attached hydrogens (tertiary/aromatic N) is 2. The molecule has 0 saturated carbocycles. The highest BCUT2D eigenvalue weighted by molar-refractivity contribution is 7.88. The van der Waals surface area contributed by atoms with E-state index in [-0.39, 0.29) is 24.8 Å². The molecule has 2 heterocycles. The van der Waals surface area contributed by atoms with Crippen LogP contribution in [0.2, 0.25) is 0 Å². The lowest BCUT2D eigenvalue weighted by molar-refractivity contribution is -0.228. The van der Waals surface area contributed by atoms with Crippen LogP contribution in [0.5, 0.6) is 0 Å². The first-order valence-corrected chi connectivity index (χ1v) is 18.8. The number of carboxylic acid groups (broad SMARTS) is 1. The number of ether oxygens (including phenoxy) is 1. The fourth-order valence-electron chi connectivity index (χ4n) is 6.77. The molecule has 2 aliphatic heterocycles. The second-order valence-corrected chi connectivity index (χ2v) is 15.5. The Morgan fingerprint density at radius 1 is 0.902 bits per heavy atom. The average molecular weight is 729 g/mol. The third kappa shape index (κ3) is 9.01. The van der Waals surface area contributed by atoms with Crippen LogP contribution in [0.3, 0.4) is 0 Å². The van der Waals surface area contributed by atoms with Gasteiger partial charge < -0.3 is 35.2 Å². The molecule has 0 bridgehead atoms. The first-order chi connectivity index (χ1) is 24.1. The van der Waals surface area contributed by atoms with Crippen LogP contribution in [0.4, 0.5) is 10.1 Å². The van der Waals surface area contributed by atoms with E-state index in [1.54, 1.807) is 11.9 Å². The molecule has 12 nitrogen and oxygen atoms in total. The summed E-state index contributed by atoms with van der Waals surface area (Å²) >= 11 is 0. The van der Waals surface area contributed by atoms with E-state index in [0.29, 0.717) is 43.5 Å². The van der Waals surface area contributed by atoms with Crippen LogP contribution >= 0.6 is 0 Å². The summed E-state index contributed by atoms with van der Waals surface area (Å²) in [5.74, 6) is -2.39. The second kappa shape index (κ2) is 16.3. The maximum absolute atomic E-state index is 13.7. The van der Waals surface area contributed by atoms with Gasteiger partial charge in [-0.05, 0) is 85.0 Å². The van der Waals surface area contributed by atoms with Gasteiger partial charge in [0.2, 0.25) is 15.9 Å². The molecule has 8 atom stereocenters. The Morgan fingerprint density at radius 3 is 2.12 bits per heavy atom. The van der Waals surface area contributed by atoms with Gasteiger partial charge in [0, 0.05) is 19.3 Å².